The maximum atomic E-state index is 12.7. The van der Waals surface area contributed by atoms with Crippen molar-refractivity contribution in [3.05, 3.63) is 42.5 Å². The van der Waals surface area contributed by atoms with E-state index >= 15 is 0 Å². The minimum absolute atomic E-state index is 0.195. The summed E-state index contributed by atoms with van der Waals surface area (Å²) in [5.74, 6) is 0.695. The average Bonchev–Trinajstić information content (AvgIpc) is 3.35. The predicted molar refractivity (Wildman–Crippen MR) is 99.2 cm³/mol. The molecule has 1 aliphatic heterocycles. The van der Waals surface area contributed by atoms with Gasteiger partial charge in [-0.1, -0.05) is 0 Å². The van der Waals surface area contributed by atoms with Crippen LogP contribution in [0.15, 0.2) is 41.1 Å². The molecule has 0 radical (unpaired) electrons. The summed E-state index contributed by atoms with van der Waals surface area (Å²) in [7, 11) is 0. The van der Waals surface area contributed by atoms with Gasteiger partial charge in [0.05, 0.1) is 18.1 Å². The molecule has 1 saturated heterocycles. The van der Waals surface area contributed by atoms with Crippen LogP contribution in [0.25, 0.3) is 0 Å². The Morgan fingerprint density at radius 1 is 1.31 bits per heavy atom. The van der Waals surface area contributed by atoms with Gasteiger partial charge in [0.15, 0.2) is 5.76 Å². The molecule has 138 valence electrons. The highest BCUT2D eigenvalue weighted by atomic mass is 16.3. The second-order valence-electron chi connectivity index (χ2n) is 6.20. The van der Waals surface area contributed by atoms with Crippen LogP contribution >= 0.6 is 0 Å². The Hall–Kier alpha value is -2.83. The Morgan fingerprint density at radius 2 is 2.12 bits per heavy atom. The quantitative estimate of drug-likeness (QED) is 0.861. The Bertz CT molecular complexity index is 739. The summed E-state index contributed by atoms with van der Waals surface area (Å²) in [5.41, 5.74) is 0.628. The molecule has 2 amide bonds. The van der Waals surface area contributed by atoms with Gasteiger partial charge in [0, 0.05) is 19.6 Å². The first-order valence-electron chi connectivity index (χ1n) is 9.00. The van der Waals surface area contributed by atoms with Gasteiger partial charge in [-0.15, -0.1) is 0 Å². The average molecular weight is 356 g/mol. The number of rotatable bonds is 6. The number of hydrogen-bond acceptors (Lipinski definition) is 5. The van der Waals surface area contributed by atoms with Gasteiger partial charge in [0.1, 0.15) is 11.9 Å². The lowest BCUT2D eigenvalue weighted by Crippen LogP contribution is -2.43. The van der Waals surface area contributed by atoms with Crippen molar-refractivity contribution in [2.75, 3.05) is 29.9 Å². The van der Waals surface area contributed by atoms with Crippen LogP contribution in [-0.4, -0.2) is 47.4 Å². The topological polar surface area (TPSA) is 78.7 Å². The molecule has 0 aromatic carbocycles. The smallest absolute Gasteiger partial charge is 0.290 e. The van der Waals surface area contributed by atoms with Crippen LogP contribution in [0, 0.1) is 0 Å². The summed E-state index contributed by atoms with van der Waals surface area (Å²) >= 11 is 0. The number of nitrogens with one attached hydrogen (secondary N) is 1. The lowest BCUT2D eigenvalue weighted by molar-refractivity contribution is -0.119. The van der Waals surface area contributed by atoms with Crippen LogP contribution in [-0.2, 0) is 4.79 Å². The number of likely N-dealkylation sites (tertiary alicyclic amines) is 1. The van der Waals surface area contributed by atoms with Crippen LogP contribution in [0.4, 0.5) is 11.5 Å². The monoisotopic (exact) mass is 356 g/mol. The van der Waals surface area contributed by atoms with E-state index in [4.69, 9.17) is 4.42 Å². The molecule has 0 unspecified atom stereocenters. The fourth-order valence-corrected chi connectivity index (χ4v) is 3.24. The molecule has 26 heavy (non-hydrogen) atoms. The summed E-state index contributed by atoms with van der Waals surface area (Å²) in [6.07, 6.45) is 4.55. The highest BCUT2D eigenvalue weighted by Crippen LogP contribution is 2.22. The number of nitrogens with zero attached hydrogens (tertiary/aromatic N) is 3. The van der Waals surface area contributed by atoms with E-state index in [2.05, 4.69) is 29.0 Å². The number of hydrogen-bond donors (Lipinski definition) is 1. The Balaban J connectivity index is 1.66. The fourth-order valence-electron chi connectivity index (χ4n) is 3.24. The van der Waals surface area contributed by atoms with E-state index in [1.807, 2.05) is 12.1 Å². The lowest BCUT2D eigenvalue weighted by Gasteiger charge is -2.23. The third-order valence-electron chi connectivity index (χ3n) is 4.65. The van der Waals surface area contributed by atoms with Gasteiger partial charge in [-0.2, -0.15) is 0 Å². The molecule has 1 N–H and O–H groups in total. The standard InChI is InChI=1S/C19H24N4O3/c1-3-22(4-2)17-10-9-14(13-20-17)21-18(24)15-7-5-11-23(15)19(25)16-8-6-12-26-16/h6,8-10,12-13,15H,3-5,7,11H2,1-2H3,(H,21,24)/t15-/m1/s1. The number of pyridine rings is 1. The molecule has 7 nitrogen and oxygen atoms in total. The summed E-state index contributed by atoms with van der Waals surface area (Å²) in [6, 6.07) is 6.53. The van der Waals surface area contributed by atoms with E-state index in [0.29, 0.717) is 18.7 Å². The Kier molecular flexibility index (Phi) is 5.55. The zero-order chi connectivity index (χ0) is 18.5. The summed E-state index contributed by atoms with van der Waals surface area (Å²) in [4.78, 5) is 33.3. The van der Waals surface area contributed by atoms with Gasteiger partial charge in [0.25, 0.3) is 5.91 Å². The molecular formula is C19H24N4O3. The summed E-state index contributed by atoms with van der Waals surface area (Å²) in [5, 5.41) is 2.87. The molecule has 0 saturated carbocycles. The molecule has 3 heterocycles. The predicted octanol–water partition coefficient (Wildman–Crippen LogP) is 2.76. The molecular weight excluding hydrogens is 332 g/mol. The molecule has 3 rings (SSSR count). The minimum atomic E-state index is -0.491. The van der Waals surface area contributed by atoms with Crippen molar-refractivity contribution >= 4 is 23.3 Å². The first kappa shape index (κ1) is 18.0. The van der Waals surface area contributed by atoms with E-state index in [-0.39, 0.29) is 17.6 Å². The number of furan rings is 1. The van der Waals surface area contributed by atoms with E-state index in [0.717, 1.165) is 25.3 Å². The number of carbonyl (C=O) groups is 2. The van der Waals surface area contributed by atoms with Crippen LogP contribution in [0.5, 0.6) is 0 Å². The van der Waals surface area contributed by atoms with Crippen molar-refractivity contribution in [2.24, 2.45) is 0 Å². The van der Waals surface area contributed by atoms with E-state index in [1.165, 1.54) is 6.26 Å². The Labute approximate surface area is 153 Å². The first-order valence-corrected chi connectivity index (χ1v) is 9.00. The third-order valence-corrected chi connectivity index (χ3v) is 4.65. The number of carbonyl (C=O) groups excluding carboxylic acids is 2. The lowest BCUT2D eigenvalue weighted by atomic mass is 10.2. The normalized spacial score (nSPS) is 16.5. The van der Waals surface area contributed by atoms with Crippen molar-refractivity contribution in [3.63, 3.8) is 0 Å². The third kappa shape index (κ3) is 3.71. The number of amides is 2. The fraction of sp³-hybridized carbons (Fsp3) is 0.421. The summed E-state index contributed by atoms with van der Waals surface area (Å²) in [6.45, 7) is 6.45. The van der Waals surface area contributed by atoms with Gasteiger partial charge in [0.2, 0.25) is 5.91 Å². The van der Waals surface area contributed by atoms with Crippen LogP contribution in [0.2, 0.25) is 0 Å². The maximum Gasteiger partial charge on any atom is 0.290 e. The maximum absolute atomic E-state index is 12.7. The van der Waals surface area contributed by atoms with E-state index in [9.17, 15) is 9.59 Å². The zero-order valence-electron chi connectivity index (χ0n) is 15.1. The molecule has 0 aliphatic carbocycles. The van der Waals surface area contributed by atoms with Gasteiger partial charge >= 0.3 is 0 Å². The first-order chi connectivity index (χ1) is 12.6. The van der Waals surface area contributed by atoms with Crippen molar-refractivity contribution in [2.45, 2.75) is 32.7 Å². The van der Waals surface area contributed by atoms with Crippen molar-refractivity contribution in [1.82, 2.24) is 9.88 Å². The van der Waals surface area contributed by atoms with Gasteiger partial charge in [-0.3, -0.25) is 9.59 Å². The van der Waals surface area contributed by atoms with Crippen molar-refractivity contribution < 1.29 is 14.0 Å². The number of anilines is 2. The number of aromatic nitrogens is 1. The molecule has 0 bridgehead atoms. The van der Waals surface area contributed by atoms with Crippen LogP contribution in [0.3, 0.4) is 0 Å². The largest absolute Gasteiger partial charge is 0.459 e. The van der Waals surface area contributed by atoms with Crippen molar-refractivity contribution in [1.29, 1.82) is 0 Å². The van der Waals surface area contributed by atoms with Crippen LogP contribution in [0.1, 0.15) is 37.2 Å². The minimum Gasteiger partial charge on any atom is -0.459 e. The SMILES string of the molecule is CCN(CC)c1ccc(NC(=O)[C@H]2CCCN2C(=O)c2ccco2)cn1. The molecule has 0 spiro atoms. The molecule has 1 aliphatic rings. The van der Waals surface area contributed by atoms with Crippen LogP contribution < -0.4 is 10.2 Å². The van der Waals surface area contributed by atoms with E-state index < -0.39 is 6.04 Å². The Morgan fingerprint density at radius 3 is 2.73 bits per heavy atom. The highest BCUT2D eigenvalue weighted by molar-refractivity contribution is 6.00. The van der Waals surface area contributed by atoms with Gasteiger partial charge in [-0.25, -0.2) is 4.98 Å². The summed E-state index contributed by atoms with van der Waals surface area (Å²) < 4.78 is 5.17. The second kappa shape index (κ2) is 8.03. The highest BCUT2D eigenvalue weighted by Gasteiger charge is 2.35. The van der Waals surface area contributed by atoms with Gasteiger partial charge in [-0.05, 0) is 51.0 Å². The molecule has 7 heteroatoms. The van der Waals surface area contributed by atoms with E-state index in [1.54, 1.807) is 23.2 Å². The zero-order valence-corrected chi connectivity index (χ0v) is 15.1. The van der Waals surface area contributed by atoms with Gasteiger partial charge < -0.3 is 19.5 Å². The van der Waals surface area contributed by atoms with Crippen molar-refractivity contribution in [3.8, 4) is 0 Å². The molecule has 2 aromatic rings. The molecule has 2 aromatic heterocycles. The second-order valence-corrected chi connectivity index (χ2v) is 6.20. The molecule has 1 atom stereocenters. The molecule has 1 fully saturated rings.